The van der Waals surface area contributed by atoms with Gasteiger partial charge in [0.15, 0.2) is 5.11 Å². The molecule has 0 saturated heterocycles. The molecule has 0 aliphatic carbocycles. The number of carbonyl (C=O) groups excluding carboxylic acids is 2. The largest absolute Gasteiger partial charge is 0.332 e. The third kappa shape index (κ3) is 5.78. The number of halogens is 1. The fraction of sp³-hybridized carbons (Fsp3) is 0.105. The van der Waals surface area contributed by atoms with Crippen LogP contribution in [0.4, 0.5) is 15.8 Å². The number of nitrogens with one attached hydrogen (secondary N) is 2. The molecule has 134 valence electrons. The first kappa shape index (κ1) is 19.3. The van der Waals surface area contributed by atoms with E-state index in [2.05, 4.69) is 10.6 Å². The van der Waals surface area contributed by atoms with Crippen molar-refractivity contribution in [2.45, 2.75) is 6.92 Å². The van der Waals surface area contributed by atoms with Crippen molar-refractivity contribution in [1.29, 1.82) is 0 Å². The van der Waals surface area contributed by atoms with Crippen molar-refractivity contribution in [3.05, 3.63) is 66.0 Å². The predicted molar refractivity (Wildman–Crippen MR) is 105 cm³/mol. The molecule has 5 nitrogen and oxygen atoms in total. The molecule has 0 aliphatic heterocycles. The van der Waals surface area contributed by atoms with E-state index in [0.717, 1.165) is 5.69 Å². The second-order valence-corrected chi connectivity index (χ2v) is 5.86. The third-order valence-electron chi connectivity index (χ3n) is 3.52. The van der Waals surface area contributed by atoms with Crippen molar-refractivity contribution < 1.29 is 14.0 Å². The van der Waals surface area contributed by atoms with Crippen molar-refractivity contribution in [3.63, 3.8) is 0 Å². The molecule has 2 N–H and O–H groups in total. The van der Waals surface area contributed by atoms with Gasteiger partial charge < -0.3 is 10.2 Å². The Bertz CT molecular complexity index is 833. The Morgan fingerprint density at radius 3 is 2.27 bits per heavy atom. The summed E-state index contributed by atoms with van der Waals surface area (Å²) < 4.78 is 12.8. The van der Waals surface area contributed by atoms with Crippen LogP contribution < -0.4 is 15.5 Å². The minimum absolute atomic E-state index is 0.0681. The maximum atomic E-state index is 12.8. The van der Waals surface area contributed by atoms with Crippen LogP contribution in [0.5, 0.6) is 0 Å². The van der Waals surface area contributed by atoms with Gasteiger partial charge in [-0.3, -0.25) is 14.9 Å². The quantitative estimate of drug-likeness (QED) is 0.639. The van der Waals surface area contributed by atoms with Crippen molar-refractivity contribution in [2.24, 2.45) is 0 Å². The van der Waals surface area contributed by atoms with Gasteiger partial charge in [0.2, 0.25) is 11.8 Å². The summed E-state index contributed by atoms with van der Waals surface area (Å²) in [5, 5.41) is 5.55. The topological polar surface area (TPSA) is 61.4 Å². The number of benzene rings is 2. The van der Waals surface area contributed by atoms with Gasteiger partial charge in [0.05, 0.1) is 0 Å². The number of carbonyl (C=O) groups is 2. The Kier molecular flexibility index (Phi) is 6.57. The molecule has 2 amide bonds. The number of anilines is 2. The molecule has 0 unspecified atom stereocenters. The van der Waals surface area contributed by atoms with Crippen molar-refractivity contribution in [3.8, 4) is 0 Å². The van der Waals surface area contributed by atoms with Crippen molar-refractivity contribution in [2.75, 3.05) is 17.3 Å². The molecule has 2 rings (SSSR count). The van der Waals surface area contributed by atoms with Gasteiger partial charge in [0.1, 0.15) is 5.82 Å². The molecule has 0 aromatic heterocycles. The maximum Gasteiger partial charge on any atom is 0.250 e. The predicted octanol–water partition coefficient (Wildman–Crippen LogP) is 3.33. The standard InChI is InChI=1S/C19H18FN3O2S/c1-13(24)23(2)17-10-8-16(9-11-17)21-19(26)22-18(25)12-5-14-3-6-15(20)7-4-14/h3-12H,1-2H3,(H2,21,22,25,26). The summed E-state index contributed by atoms with van der Waals surface area (Å²) in [5.74, 6) is -0.807. The fourth-order valence-electron chi connectivity index (χ4n) is 2.01. The van der Waals surface area contributed by atoms with E-state index in [1.54, 1.807) is 49.5 Å². The highest BCUT2D eigenvalue weighted by molar-refractivity contribution is 7.80. The smallest absolute Gasteiger partial charge is 0.250 e. The van der Waals surface area contributed by atoms with Gasteiger partial charge in [0.25, 0.3) is 0 Å². The Morgan fingerprint density at radius 2 is 1.69 bits per heavy atom. The van der Waals surface area contributed by atoms with Gasteiger partial charge in [-0.15, -0.1) is 0 Å². The number of hydrogen-bond donors (Lipinski definition) is 2. The van der Waals surface area contributed by atoms with E-state index < -0.39 is 5.91 Å². The van der Waals surface area contributed by atoms with Crippen molar-refractivity contribution >= 4 is 46.6 Å². The van der Waals surface area contributed by atoms with E-state index >= 15 is 0 Å². The molecule has 2 aromatic rings. The summed E-state index contributed by atoms with van der Waals surface area (Å²) in [7, 11) is 1.68. The van der Waals surface area contributed by atoms with Crippen LogP contribution in [0.25, 0.3) is 6.08 Å². The number of hydrogen-bond acceptors (Lipinski definition) is 3. The minimum Gasteiger partial charge on any atom is -0.332 e. The van der Waals surface area contributed by atoms with E-state index in [1.807, 2.05) is 0 Å². The third-order valence-corrected chi connectivity index (χ3v) is 3.72. The summed E-state index contributed by atoms with van der Waals surface area (Å²) in [4.78, 5) is 24.7. The molecule has 7 heteroatoms. The van der Waals surface area contributed by atoms with E-state index in [0.29, 0.717) is 11.3 Å². The lowest BCUT2D eigenvalue weighted by molar-refractivity contribution is -0.116. The van der Waals surface area contributed by atoms with Gasteiger partial charge in [-0.05, 0) is 60.3 Å². The first-order chi connectivity index (χ1) is 12.3. The minimum atomic E-state index is -0.403. The second-order valence-electron chi connectivity index (χ2n) is 5.45. The summed E-state index contributed by atoms with van der Waals surface area (Å²) in [6.45, 7) is 1.48. The summed E-state index contributed by atoms with van der Waals surface area (Å²) in [6.07, 6.45) is 2.87. The highest BCUT2D eigenvalue weighted by Gasteiger charge is 2.06. The van der Waals surface area contributed by atoms with Crippen LogP contribution in [0.15, 0.2) is 54.6 Å². The highest BCUT2D eigenvalue weighted by atomic mass is 32.1. The van der Waals surface area contributed by atoms with Crippen LogP contribution in [-0.2, 0) is 9.59 Å². The Balaban J connectivity index is 1.88. The molecule has 0 aliphatic rings. The molecule has 2 aromatic carbocycles. The first-order valence-electron chi connectivity index (χ1n) is 7.75. The summed E-state index contributed by atoms with van der Waals surface area (Å²) >= 11 is 5.10. The monoisotopic (exact) mass is 371 g/mol. The van der Waals surface area contributed by atoms with Gasteiger partial charge in [-0.1, -0.05) is 12.1 Å². The molecule has 0 heterocycles. The SMILES string of the molecule is CC(=O)N(C)c1ccc(NC(=S)NC(=O)C=Cc2ccc(F)cc2)cc1. The number of rotatable bonds is 4. The highest BCUT2D eigenvalue weighted by Crippen LogP contribution is 2.16. The molecular formula is C19H18FN3O2S. The van der Waals surface area contributed by atoms with Crippen molar-refractivity contribution in [1.82, 2.24) is 5.32 Å². The van der Waals surface area contributed by atoms with Crippen LogP contribution in [0.3, 0.4) is 0 Å². The molecule has 0 radical (unpaired) electrons. The first-order valence-corrected chi connectivity index (χ1v) is 8.16. The van der Waals surface area contributed by atoms with Gasteiger partial charge in [-0.25, -0.2) is 4.39 Å². The lowest BCUT2D eigenvalue weighted by Crippen LogP contribution is -2.32. The molecule has 26 heavy (non-hydrogen) atoms. The van der Waals surface area contributed by atoms with E-state index in [1.165, 1.54) is 30.0 Å². The second kappa shape index (κ2) is 8.87. The lowest BCUT2D eigenvalue weighted by Gasteiger charge is -2.15. The van der Waals surface area contributed by atoms with Crippen LogP contribution in [0.2, 0.25) is 0 Å². The average molecular weight is 371 g/mol. The lowest BCUT2D eigenvalue weighted by atomic mass is 10.2. The summed E-state index contributed by atoms with van der Waals surface area (Å²) in [6, 6.07) is 12.8. The molecule has 0 saturated carbocycles. The van der Waals surface area contributed by atoms with Crippen LogP contribution in [0, 0.1) is 5.82 Å². The zero-order valence-corrected chi connectivity index (χ0v) is 15.1. The van der Waals surface area contributed by atoms with Crippen LogP contribution in [0.1, 0.15) is 12.5 Å². The number of nitrogens with zero attached hydrogens (tertiary/aromatic N) is 1. The van der Waals surface area contributed by atoms with Gasteiger partial charge >= 0.3 is 0 Å². The zero-order valence-electron chi connectivity index (χ0n) is 14.3. The molecule has 0 spiro atoms. The molecule has 0 fully saturated rings. The van der Waals surface area contributed by atoms with Gasteiger partial charge in [0, 0.05) is 31.4 Å². The van der Waals surface area contributed by atoms with Crippen LogP contribution in [-0.4, -0.2) is 24.0 Å². The molecule has 0 atom stereocenters. The zero-order chi connectivity index (χ0) is 19.1. The molecular weight excluding hydrogens is 353 g/mol. The normalized spacial score (nSPS) is 10.4. The Morgan fingerprint density at radius 1 is 1.08 bits per heavy atom. The Labute approximate surface area is 156 Å². The van der Waals surface area contributed by atoms with E-state index in [4.69, 9.17) is 12.2 Å². The Hall–Kier alpha value is -3.06. The fourth-order valence-corrected chi connectivity index (χ4v) is 2.23. The van der Waals surface area contributed by atoms with E-state index in [9.17, 15) is 14.0 Å². The number of amides is 2. The average Bonchev–Trinajstić information content (AvgIpc) is 2.61. The maximum absolute atomic E-state index is 12.8. The number of thiocarbonyl (C=S) groups is 1. The van der Waals surface area contributed by atoms with Gasteiger partial charge in [-0.2, -0.15) is 0 Å². The van der Waals surface area contributed by atoms with E-state index in [-0.39, 0.29) is 16.8 Å². The summed E-state index contributed by atoms with van der Waals surface area (Å²) in [5.41, 5.74) is 2.13. The molecule has 0 bridgehead atoms. The van der Waals surface area contributed by atoms with Crippen LogP contribution >= 0.6 is 12.2 Å².